The van der Waals surface area contributed by atoms with Gasteiger partial charge in [0.2, 0.25) is 6.79 Å². The van der Waals surface area contributed by atoms with Gasteiger partial charge in [-0.1, -0.05) is 6.07 Å². The van der Waals surface area contributed by atoms with E-state index in [0.717, 1.165) is 11.3 Å². The number of halogens is 2. The van der Waals surface area contributed by atoms with Gasteiger partial charge < -0.3 is 0 Å². The first-order valence-electron chi connectivity index (χ1n) is 3.29. The number of nitrogens with zero attached hydrogens (tertiary/aromatic N) is 1. The van der Waals surface area contributed by atoms with Crippen LogP contribution >= 0.6 is 0 Å². The van der Waals surface area contributed by atoms with E-state index in [1.807, 2.05) is 0 Å². The van der Waals surface area contributed by atoms with Crippen molar-refractivity contribution in [2.75, 3.05) is 12.0 Å². The van der Waals surface area contributed by atoms with Crippen LogP contribution in [0.25, 0.3) is 0 Å². The van der Waals surface area contributed by atoms with Gasteiger partial charge in [0.25, 0.3) is 0 Å². The monoisotopic (exact) mass is 173 g/mol. The van der Waals surface area contributed by atoms with Crippen molar-refractivity contribution in [1.82, 2.24) is 0 Å². The highest BCUT2D eigenvalue weighted by Gasteiger charge is 2.22. The van der Waals surface area contributed by atoms with E-state index < -0.39 is 11.6 Å². The molecule has 0 N–H and O–H groups in total. The third kappa shape index (κ3) is 1.03. The first-order valence-corrected chi connectivity index (χ1v) is 3.29. The molecule has 1 aromatic rings. The van der Waals surface area contributed by atoms with E-state index in [1.165, 1.54) is 12.1 Å². The number of anilines is 1. The Hall–Kier alpha value is -1.20. The van der Waals surface area contributed by atoms with Crippen LogP contribution in [0.1, 0.15) is 0 Å². The molecule has 0 amide bonds. The van der Waals surface area contributed by atoms with Gasteiger partial charge in [-0.2, -0.15) is 0 Å². The lowest BCUT2D eigenvalue weighted by Crippen LogP contribution is -2.37. The van der Waals surface area contributed by atoms with Gasteiger partial charge in [0.1, 0.15) is 5.69 Å². The first kappa shape index (κ1) is 7.45. The molecule has 0 spiro atoms. The summed E-state index contributed by atoms with van der Waals surface area (Å²) in [6.45, 7) is 0.0654. The number of hydrogen-bond acceptors (Lipinski definition) is 3. The summed E-state index contributed by atoms with van der Waals surface area (Å²) in [6, 6.07) is 3.76. The molecule has 0 saturated carbocycles. The number of rotatable bonds is 1. The van der Waals surface area contributed by atoms with E-state index in [2.05, 4.69) is 9.68 Å². The third-order valence-electron chi connectivity index (χ3n) is 1.47. The van der Waals surface area contributed by atoms with Crippen molar-refractivity contribution in [2.24, 2.45) is 0 Å². The van der Waals surface area contributed by atoms with Gasteiger partial charge in [-0.3, -0.25) is 0 Å². The highest BCUT2D eigenvalue weighted by atomic mass is 19.2. The lowest BCUT2D eigenvalue weighted by atomic mass is 10.3. The Bertz CT molecular complexity index is 301. The van der Waals surface area contributed by atoms with Crippen molar-refractivity contribution in [3.8, 4) is 0 Å². The Balaban J connectivity index is 2.36. The molecule has 1 aliphatic heterocycles. The summed E-state index contributed by atoms with van der Waals surface area (Å²) in [6.07, 6.45) is 0. The molecule has 5 heteroatoms. The van der Waals surface area contributed by atoms with E-state index >= 15 is 0 Å². The minimum Gasteiger partial charge on any atom is -0.217 e. The topological polar surface area (TPSA) is 21.7 Å². The maximum Gasteiger partial charge on any atom is 0.205 e. The summed E-state index contributed by atoms with van der Waals surface area (Å²) >= 11 is 0. The van der Waals surface area contributed by atoms with Crippen molar-refractivity contribution in [3.63, 3.8) is 0 Å². The molecule has 64 valence electrons. The van der Waals surface area contributed by atoms with Gasteiger partial charge in [0.15, 0.2) is 11.6 Å². The highest BCUT2D eigenvalue weighted by molar-refractivity contribution is 5.44. The van der Waals surface area contributed by atoms with Crippen LogP contribution in [0, 0.1) is 11.6 Å². The zero-order valence-corrected chi connectivity index (χ0v) is 5.96. The molecule has 0 aromatic heterocycles. The van der Waals surface area contributed by atoms with E-state index in [0.29, 0.717) is 0 Å². The normalized spacial score (nSPS) is 16.0. The molecule has 1 saturated heterocycles. The Kier molecular flexibility index (Phi) is 1.67. The predicted molar refractivity (Wildman–Crippen MR) is 35.9 cm³/mol. The highest BCUT2D eigenvalue weighted by Crippen LogP contribution is 2.24. The average Bonchev–Trinajstić information content (AvgIpc) is 1.95. The zero-order chi connectivity index (χ0) is 8.55. The Labute approximate surface area is 67.0 Å². The minimum atomic E-state index is -0.975. The number of hydrogen-bond donors (Lipinski definition) is 0. The van der Waals surface area contributed by atoms with Crippen molar-refractivity contribution in [3.05, 3.63) is 29.8 Å². The molecule has 2 rings (SSSR count). The van der Waals surface area contributed by atoms with Crippen LogP contribution in [0.3, 0.4) is 0 Å². The van der Waals surface area contributed by atoms with E-state index in [-0.39, 0.29) is 12.5 Å². The minimum absolute atomic E-state index is 0.0544. The van der Waals surface area contributed by atoms with Crippen LogP contribution < -0.4 is 5.23 Å². The lowest BCUT2D eigenvalue weighted by Gasteiger charge is -2.29. The molecule has 1 heterocycles. The van der Waals surface area contributed by atoms with Crippen LogP contribution in [-0.2, 0) is 9.68 Å². The summed E-state index contributed by atoms with van der Waals surface area (Å²) in [4.78, 5) is 9.31. The lowest BCUT2D eigenvalue weighted by molar-refractivity contribution is -0.278. The molecule has 1 fully saturated rings. The quantitative estimate of drug-likeness (QED) is 0.643. The van der Waals surface area contributed by atoms with Gasteiger partial charge in [0.05, 0.1) is 0 Å². The fourth-order valence-electron chi connectivity index (χ4n) is 0.878. The van der Waals surface area contributed by atoms with Crippen molar-refractivity contribution >= 4 is 5.69 Å². The second-order valence-corrected chi connectivity index (χ2v) is 2.21. The summed E-state index contributed by atoms with van der Waals surface area (Å²) in [5, 5.41) is 0.832. The van der Waals surface area contributed by atoms with Gasteiger partial charge in [-0.25, -0.2) is 18.5 Å². The van der Waals surface area contributed by atoms with Crippen LogP contribution in [-0.4, -0.2) is 6.79 Å². The van der Waals surface area contributed by atoms with Gasteiger partial charge >= 0.3 is 0 Å². The summed E-state index contributed by atoms with van der Waals surface area (Å²) in [5.74, 6) is -1.90. The Morgan fingerprint density at radius 2 is 2.00 bits per heavy atom. The molecule has 0 unspecified atom stereocenters. The summed E-state index contributed by atoms with van der Waals surface area (Å²) in [5.41, 5.74) is -0.0544. The van der Waals surface area contributed by atoms with Gasteiger partial charge in [-0.15, -0.1) is 5.23 Å². The standard InChI is InChI=1S/C7H5F2NO2/c8-5-2-1-3-6(7(5)9)10-11-4-12-10/h1-3H,4H2. The first-order chi connectivity index (χ1) is 5.79. The van der Waals surface area contributed by atoms with Crippen molar-refractivity contribution in [2.45, 2.75) is 0 Å². The van der Waals surface area contributed by atoms with Gasteiger partial charge in [0, 0.05) is 0 Å². The second-order valence-electron chi connectivity index (χ2n) is 2.21. The molecule has 1 aromatic carbocycles. The molecule has 0 radical (unpaired) electrons. The van der Waals surface area contributed by atoms with Crippen molar-refractivity contribution < 1.29 is 18.5 Å². The SMILES string of the molecule is Fc1cccc(N2OCO2)c1F. The Morgan fingerprint density at radius 3 is 2.58 bits per heavy atom. The molecule has 0 aliphatic carbocycles. The Morgan fingerprint density at radius 1 is 1.25 bits per heavy atom. The van der Waals surface area contributed by atoms with E-state index in [1.54, 1.807) is 0 Å². The van der Waals surface area contributed by atoms with Crippen molar-refractivity contribution in [1.29, 1.82) is 0 Å². The fourth-order valence-corrected chi connectivity index (χ4v) is 0.878. The molecule has 1 aliphatic rings. The maximum atomic E-state index is 12.9. The third-order valence-corrected chi connectivity index (χ3v) is 1.47. The zero-order valence-electron chi connectivity index (χ0n) is 5.96. The second kappa shape index (κ2) is 2.69. The van der Waals surface area contributed by atoms with Crippen LogP contribution in [0.2, 0.25) is 0 Å². The molecular formula is C7H5F2NO2. The maximum absolute atomic E-state index is 12.9. The smallest absolute Gasteiger partial charge is 0.205 e. The van der Waals surface area contributed by atoms with E-state index in [9.17, 15) is 8.78 Å². The molecule has 0 bridgehead atoms. The molecule has 0 atom stereocenters. The molecule has 12 heavy (non-hydrogen) atoms. The predicted octanol–water partition coefficient (Wildman–Crippen LogP) is 1.61. The number of benzene rings is 1. The largest absolute Gasteiger partial charge is 0.217 e. The van der Waals surface area contributed by atoms with Gasteiger partial charge in [-0.05, 0) is 12.1 Å². The summed E-state index contributed by atoms with van der Waals surface area (Å²) < 4.78 is 25.5. The molecule has 3 nitrogen and oxygen atoms in total. The molecular weight excluding hydrogens is 168 g/mol. The fraction of sp³-hybridized carbons (Fsp3) is 0.143. The summed E-state index contributed by atoms with van der Waals surface area (Å²) in [7, 11) is 0. The van der Waals surface area contributed by atoms with Crippen LogP contribution in [0.4, 0.5) is 14.5 Å². The van der Waals surface area contributed by atoms with E-state index in [4.69, 9.17) is 0 Å². The van der Waals surface area contributed by atoms with Crippen LogP contribution in [0.5, 0.6) is 0 Å². The van der Waals surface area contributed by atoms with Crippen LogP contribution in [0.15, 0.2) is 18.2 Å². The average molecular weight is 173 g/mol.